The molecular formula is C9H13N3O. The Kier molecular flexibility index (Phi) is 3.75. The van der Waals surface area contributed by atoms with Crippen LogP contribution in [0.2, 0.25) is 0 Å². The Balaban J connectivity index is 2.14. The second-order valence-corrected chi connectivity index (χ2v) is 2.67. The van der Waals surface area contributed by atoms with E-state index in [0.29, 0.717) is 13.0 Å². The van der Waals surface area contributed by atoms with Crippen LogP contribution in [0.5, 0.6) is 0 Å². The number of hydrogen-bond donors (Lipinski definition) is 2. The third-order valence-electron chi connectivity index (χ3n) is 1.60. The third kappa shape index (κ3) is 3.55. The summed E-state index contributed by atoms with van der Waals surface area (Å²) in [5, 5.41) is 2.76. The van der Waals surface area contributed by atoms with E-state index in [0.717, 1.165) is 12.1 Å². The minimum Gasteiger partial charge on any atom is -0.355 e. The smallest absolute Gasteiger partial charge is 0.223 e. The number of carbonyl (C=O) groups is 1. The SMILES string of the molecule is C=CCC(=O)NCCc1cnc[nH]1. The molecule has 0 aliphatic rings. The number of nitrogens with one attached hydrogen (secondary N) is 2. The Morgan fingerprint density at radius 1 is 1.77 bits per heavy atom. The Morgan fingerprint density at radius 2 is 2.62 bits per heavy atom. The van der Waals surface area contributed by atoms with Gasteiger partial charge in [0.25, 0.3) is 0 Å². The number of carbonyl (C=O) groups excluding carboxylic acids is 1. The van der Waals surface area contributed by atoms with Crippen LogP contribution in [0.3, 0.4) is 0 Å². The van der Waals surface area contributed by atoms with Gasteiger partial charge < -0.3 is 10.3 Å². The fourth-order valence-corrected chi connectivity index (χ4v) is 0.961. The molecule has 0 atom stereocenters. The maximum atomic E-state index is 11.0. The summed E-state index contributed by atoms with van der Waals surface area (Å²) in [6, 6.07) is 0. The molecule has 13 heavy (non-hydrogen) atoms. The summed E-state index contributed by atoms with van der Waals surface area (Å²) in [4.78, 5) is 17.8. The Hall–Kier alpha value is -1.58. The maximum absolute atomic E-state index is 11.0. The predicted molar refractivity (Wildman–Crippen MR) is 50.1 cm³/mol. The second-order valence-electron chi connectivity index (χ2n) is 2.67. The molecule has 0 aromatic carbocycles. The molecule has 0 bridgehead atoms. The van der Waals surface area contributed by atoms with Crippen molar-refractivity contribution in [3.8, 4) is 0 Å². The highest BCUT2D eigenvalue weighted by molar-refractivity contribution is 5.77. The van der Waals surface area contributed by atoms with Crippen molar-refractivity contribution in [3.05, 3.63) is 30.9 Å². The van der Waals surface area contributed by atoms with Crippen molar-refractivity contribution in [2.45, 2.75) is 12.8 Å². The van der Waals surface area contributed by atoms with Crippen LogP contribution >= 0.6 is 0 Å². The van der Waals surface area contributed by atoms with Gasteiger partial charge in [-0.3, -0.25) is 4.79 Å². The van der Waals surface area contributed by atoms with E-state index < -0.39 is 0 Å². The lowest BCUT2D eigenvalue weighted by atomic mass is 10.3. The zero-order chi connectivity index (χ0) is 9.52. The number of aromatic nitrogens is 2. The van der Waals surface area contributed by atoms with Crippen LogP contribution in [0.4, 0.5) is 0 Å². The summed E-state index contributed by atoms with van der Waals surface area (Å²) in [7, 11) is 0. The Morgan fingerprint density at radius 3 is 3.23 bits per heavy atom. The van der Waals surface area contributed by atoms with Crippen LogP contribution in [-0.2, 0) is 11.2 Å². The largest absolute Gasteiger partial charge is 0.355 e. The van der Waals surface area contributed by atoms with Crippen LogP contribution in [-0.4, -0.2) is 22.4 Å². The lowest BCUT2D eigenvalue weighted by Crippen LogP contribution is -2.24. The second kappa shape index (κ2) is 5.13. The molecule has 1 aromatic heterocycles. The molecule has 0 spiro atoms. The van der Waals surface area contributed by atoms with Crippen molar-refractivity contribution >= 4 is 5.91 Å². The first-order chi connectivity index (χ1) is 6.33. The third-order valence-corrected chi connectivity index (χ3v) is 1.60. The number of amides is 1. The van der Waals surface area contributed by atoms with Crippen LogP contribution in [0, 0.1) is 0 Å². The highest BCUT2D eigenvalue weighted by Crippen LogP contribution is 1.90. The lowest BCUT2D eigenvalue weighted by molar-refractivity contribution is -0.120. The summed E-state index contributed by atoms with van der Waals surface area (Å²) in [6.07, 6.45) is 6.12. The number of H-pyrrole nitrogens is 1. The molecule has 0 aliphatic heterocycles. The number of nitrogens with zero attached hydrogens (tertiary/aromatic N) is 1. The van der Waals surface area contributed by atoms with Gasteiger partial charge in [0.1, 0.15) is 0 Å². The first kappa shape index (κ1) is 9.51. The normalized spacial score (nSPS) is 9.54. The molecule has 0 aliphatic carbocycles. The van der Waals surface area contributed by atoms with Crippen molar-refractivity contribution in [2.75, 3.05) is 6.54 Å². The van der Waals surface area contributed by atoms with E-state index in [2.05, 4.69) is 21.9 Å². The van der Waals surface area contributed by atoms with E-state index in [4.69, 9.17) is 0 Å². The number of rotatable bonds is 5. The topological polar surface area (TPSA) is 57.8 Å². The van der Waals surface area contributed by atoms with Gasteiger partial charge in [-0.15, -0.1) is 6.58 Å². The van der Waals surface area contributed by atoms with E-state index in [1.807, 2.05) is 0 Å². The molecule has 0 saturated heterocycles. The quantitative estimate of drug-likeness (QED) is 0.652. The standard InChI is InChI=1S/C9H13N3O/c1-2-3-9(13)11-5-4-8-6-10-7-12-8/h2,6-7H,1,3-5H2,(H,10,12)(H,11,13). The van der Waals surface area contributed by atoms with Gasteiger partial charge in [0.15, 0.2) is 0 Å². The molecule has 70 valence electrons. The number of imidazole rings is 1. The molecule has 1 amide bonds. The monoisotopic (exact) mass is 179 g/mol. The van der Waals surface area contributed by atoms with Gasteiger partial charge in [-0.1, -0.05) is 6.08 Å². The fourth-order valence-electron chi connectivity index (χ4n) is 0.961. The minimum absolute atomic E-state index is 0.00881. The predicted octanol–water partition coefficient (Wildman–Crippen LogP) is 0.644. The minimum atomic E-state index is 0.00881. The highest BCUT2D eigenvalue weighted by atomic mass is 16.1. The molecule has 4 heteroatoms. The molecule has 0 unspecified atom stereocenters. The molecule has 0 radical (unpaired) electrons. The van der Waals surface area contributed by atoms with Gasteiger partial charge in [0, 0.05) is 31.3 Å². The van der Waals surface area contributed by atoms with Crippen LogP contribution in [0.25, 0.3) is 0 Å². The average molecular weight is 179 g/mol. The van der Waals surface area contributed by atoms with E-state index in [1.54, 1.807) is 18.6 Å². The molecule has 0 saturated carbocycles. The average Bonchev–Trinajstić information content (AvgIpc) is 2.57. The molecule has 2 N–H and O–H groups in total. The lowest BCUT2D eigenvalue weighted by Gasteiger charge is -2.00. The van der Waals surface area contributed by atoms with Gasteiger partial charge >= 0.3 is 0 Å². The van der Waals surface area contributed by atoms with Gasteiger partial charge in [0.05, 0.1) is 6.33 Å². The summed E-state index contributed by atoms with van der Waals surface area (Å²) in [5.41, 5.74) is 1.03. The molecule has 1 rings (SSSR count). The van der Waals surface area contributed by atoms with Gasteiger partial charge in [0.2, 0.25) is 5.91 Å². The summed E-state index contributed by atoms with van der Waals surface area (Å²) in [6.45, 7) is 4.12. The van der Waals surface area contributed by atoms with Gasteiger partial charge in [-0.2, -0.15) is 0 Å². The summed E-state index contributed by atoms with van der Waals surface area (Å²) in [5.74, 6) is 0.00881. The number of aromatic amines is 1. The van der Waals surface area contributed by atoms with Crippen LogP contribution in [0.15, 0.2) is 25.2 Å². The maximum Gasteiger partial charge on any atom is 0.223 e. The van der Waals surface area contributed by atoms with Gasteiger partial charge in [-0.05, 0) is 0 Å². The van der Waals surface area contributed by atoms with Crippen molar-refractivity contribution in [3.63, 3.8) is 0 Å². The zero-order valence-corrected chi connectivity index (χ0v) is 7.42. The van der Waals surface area contributed by atoms with Crippen molar-refractivity contribution < 1.29 is 4.79 Å². The van der Waals surface area contributed by atoms with Gasteiger partial charge in [-0.25, -0.2) is 4.98 Å². The first-order valence-corrected chi connectivity index (χ1v) is 4.18. The molecular weight excluding hydrogens is 166 g/mol. The van der Waals surface area contributed by atoms with Crippen molar-refractivity contribution in [2.24, 2.45) is 0 Å². The molecule has 0 fully saturated rings. The van der Waals surface area contributed by atoms with E-state index in [-0.39, 0.29) is 5.91 Å². The molecule has 1 heterocycles. The summed E-state index contributed by atoms with van der Waals surface area (Å²) >= 11 is 0. The van der Waals surface area contributed by atoms with E-state index in [9.17, 15) is 4.79 Å². The number of hydrogen-bond acceptors (Lipinski definition) is 2. The molecule has 1 aromatic rings. The van der Waals surface area contributed by atoms with Crippen molar-refractivity contribution in [1.29, 1.82) is 0 Å². The van der Waals surface area contributed by atoms with Crippen LogP contribution < -0.4 is 5.32 Å². The fraction of sp³-hybridized carbons (Fsp3) is 0.333. The zero-order valence-electron chi connectivity index (χ0n) is 7.42. The van der Waals surface area contributed by atoms with E-state index in [1.165, 1.54) is 0 Å². The molecule has 4 nitrogen and oxygen atoms in total. The Labute approximate surface area is 77.1 Å². The Bertz CT molecular complexity index is 266. The highest BCUT2D eigenvalue weighted by Gasteiger charge is 1.97. The van der Waals surface area contributed by atoms with Crippen molar-refractivity contribution in [1.82, 2.24) is 15.3 Å². The first-order valence-electron chi connectivity index (χ1n) is 4.18. The summed E-state index contributed by atoms with van der Waals surface area (Å²) < 4.78 is 0. The van der Waals surface area contributed by atoms with E-state index >= 15 is 0 Å². The van der Waals surface area contributed by atoms with Crippen LogP contribution in [0.1, 0.15) is 12.1 Å².